The Morgan fingerprint density at radius 3 is 2.61 bits per heavy atom. The van der Waals surface area contributed by atoms with E-state index in [0.717, 1.165) is 11.3 Å². The van der Waals surface area contributed by atoms with Crippen molar-refractivity contribution in [3.05, 3.63) is 29.8 Å². The lowest BCUT2D eigenvalue weighted by molar-refractivity contribution is -0.121. The topological polar surface area (TPSA) is 64.3 Å². The van der Waals surface area contributed by atoms with E-state index in [9.17, 15) is 4.79 Å². The van der Waals surface area contributed by atoms with Gasteiger partial charge in [-0.25, -0.2) is 0 Å². The molecule has 4 heteroatoms. The van der Waals surface area contributed by atoms with Crippen molar-refractivity contribution < 1.29 is 9.53 Å². The fourth-order valence-corrected chi connectivity index (χ4v) is 2.05. The first-order valence-corrected chi connectivity index (χ1v) is 6.35. The summed E-state index contributed by atoms with van der Waals surface area (Å²) in [5.41, 5.74) is 6.65. The van der Waals surface area contributed by atoms with E-state index in [1.54, 1.807) is 7.11 Å². The molecule has 1 fully saturated rings. The molecule has 4 nitrogen and oxygen atoms in total. The molecule has 0 heterocycles. The molecule has 1 aromatic rings. The molecule has 1 aliphatic rings. The van der Waals surface area contributed by atoms with E-state index in [2.05, 4.69) is 5.32 Å². The van der Waals surface area contributed by atoms with Gasteiger partial charge in [-0.3, -0.25) is 4.79 Å². The minimum Gasteiger partial charge on any atom is -0.497 e. The quantitative estimate of drug-likeness (QED) is 0.792. The maximum absolute atomic E-state index is 11.9. The van der Waals surface area contributed by atoms with Crippen LogP contribution in [0.2, 0.25) is 0 Å². The summed E-state index contributed by atoms with van der Waals surface area (Å²) in [4.78, 5) is 11.9. The Morgan fingerprint density at radius 1 is 1.44 bits per heavy atom. The van der Waals surface area contributed by atoms with Gasteiger partial charge < -0.3 is 15.8 Å². The molecular formula is C14H20N2O2. The molecule has 98 valence electrons. The van der Waals surface area contributed by atoms with E-state index in [4.69, 9.17) is 10.5 Å². The van der Waals surface area contributed by atoms with Gasteiger partial charge in [0.15, 0.2) is 0 Å². The summed E-state index contributed by atoms with van der Waals surface area (Å²) in [5, 5.41) is 3.01. The third-order valence-electron chi connectivity index (χ3n) is 3.32. The number of carbonyl (C=O) groups is 1. The van der Waals surface area contributed by atoms with Crippen molar-refractivity contribution >= 4 is 5.91 Å². The van der Waals surface area contributed by atoms with Gasteiger partial charge in [-0.2, -0.15) is 0 Å². The van der Waals surface area contributed by atoms with Gasteiger partial charge in [-0.05, 0) is 36.5 Å². The van der Waals surface area contributed by atoms with Crippen LogP contribution >= 0.6 is 0 Å². The Balaban J connectivity index is 1.85. The molecule has 0 saturated heterocycles. The summed E-state index contributed by atoms with van der Waals surface area (Å²) in [6.07, 6.45) is 2.77. The van der Waals surface area contributed by atoms with Crippen LogP contribution in [0.15, 0.2) is 24.3 Å². The zero-order valence-electron chi connectivity index (χ0n) is 10.7. The lowest BCUT2D eigenvalue weighted by Crippen LogP contribution is -2.42. The highest BCUT2D eigenvalue weighted by atomic mass is 16.5. The fraction of sp³-hybridized carbons (Fsp3) is 0.500. The van der Waals surface area contributed by atoms with Gasteiger partial charge in [0, 0.05) is 12.6 Å². The lowest BCUT2D eigenvalue weighted by Gasteiger charge is -2.16. The van der Waals surface area contributed by atoms with Crippen molar-refractivity contribution in [2.75, 3.05) is 13.7 Å². The molecule has 0 spiro atoms. The van der Waals surface area contributed by atoms with Crippen molar-refractivity contribution in [2.45, 2.75) is 25.3 Å². The third kappa shape index (κ3) is 3.47. The third-order valence-corrected chi connectivity index (χ3v) is 3.32. The van der Waals surface area contributed by atoms with Crippen LogP contribution in [0, 0.1) is 5.92 Å². The van der Waals surface area contributed by atoms with E-state index in [1.165, 1.54) is 12.8 Å². The molecule has 0 aromatic heterocycles. The molecule has 1 amide bonds. The van der Waals surface area contributed by atoms with Gasteiger partial charge in [0.05, 0.1) is 13.5 Å². The van der Waals surface area contributed by atoms with E-state index >= 15 is 0 Å². The van der Waals surface area contributed by atoms with Crippen LogP contribution in [-0.4, -0.2) is 25.6 Å². The maximum atomic E-state index is 11.9. The van der Waals surface area contributed by atoms with Crippen LogP contribution in [-0.2, 0) is 11.2 Å². The first-order valence-electron chi connectivity index (χ1n) is 6.35. The molecule has 1 aliphatic carbocycles. The number of nitrogens with one attached hydrogen (secondary N) is 1. The summed E-state index contributed by atoms with van der Waals surface area (Å²) in [7, 11) is 1.63. The second-order valence-electron chi connectivity index (χ2n) is 4.77. The molecule has 18 heavy (non-hydrogen) atoms. The fourth-order valence-electron chi connectivity index (χ4n) is 2.05. The largest absolute Gasteiger partial charge is 0.497 e. The van der Waals surface area contributed by atoms with Gasteiger partial charge in [-0.15, -0.1) is 0 Å². The molecule has 1 unspecified atom stereocenters. The van der Waals surface area contributed by atoms with Gasteiger partial charge in [0.2, 0.25) is 5.91 Å². The summed E-state index contributed by atoms with van der Waals surface area (Å²) >= 11 is 0. The zero-order chi connectivity index (χ0) is 13.0. The molecule has 2 rings (SSSR count). The van der Waals surface area contributed by atoms with Crippen molar-refractivity contribution in [2.24, 2.45) is 11.7 Å². The standard InChI is InChI=1S/C14H20N2O2/c1-18-12-6-2-10(3-7-12)8-14(17)16-13(9-15)11-4-5-11/h2-3,6-7,11,13H,4-5,8-9,15H2,1H3,(H,16,17). The molecule has 0 bridgehead atoms. The van der Waals surface area contributed by atoms with E-state index in [0.29, 0.717) is 18.9 Å². The number of methoxy groups -OCH3 is 1. The number of rotatable bonds is 6. The first kappa shape index (κ1) is 12.9. The van der Waals surface area contributed by atoms with Crippen molar-refractivity contribution in [1.82, 2.24) is 5.32 Å². The monoisotopic (exact) mass is 248 g/mol. The Kier molecular flexibility index (Phi) is 4.20. The number of amides is 1. The number of hydrogen-bond acceptors (Lipinski definition) is 3. The van der Waals surface area contributed by atoms with Gasteiger partial charge >= 0.3 is 0 Å². The minimum atomic E-state index is 0.0440. The minimum absolute atomic E-state index is 0.0440. The summed E-state index contributed by atoms with van der Waals surface area (Å²) in [6.45, 7) is 0.527. The van der Waals surface area contributed by atoms with Gasteiger partial charge in [0.25, 0.3) is 0 Å². The smallest absolute Gasteiger partial charge is 0.224 e. The van der Waals surface area contributed by atoms with E-state index in [1.807, 2.05) is 24.3 Å². The van der Waals surface area contributed by atoms with Crippen LogP contribution in [0.4, 0.5) is 0 Å². The Labute approximate surface area is 108 Å². The van der Waals surface area contributed by atoms with Gasteiger partial charge in [-0.1, -0.05) is 12.1 Å². The van der Waals surface area contributed by atoms with Crippen molar-refractivity contribution in [3.63, 3.8) is 0 Å². The second kappa shape index (κ2) is 5.87. The first-order chi connectivity index (χ1) is 8.72. The Hall–Kier alpha value is -1.55. The normalized spacial score (nSPS) is 16.1. The molecule has 1 atom stereocenters. The Bertz CT molecular complexity index is 399. The van der Waals surface area contributed by atoms with Crippen LogP contribution in [0.5, 0.6) is 5.75 Å². The number of ether oxygens (including phenoxy) is 1. The Morgan fingerprint density at radius 2 is 2.11 bits per heavy atom. The summed E-state index contributed by atoms with van der Waals surface area (Å²) in [5.74, 6) is 1.44. The number of benzene rings is 1. The zero-order valence-corrected chi connectivity index (χ0v) is 10.7. The predicted molar refractivity (Wildman–Crippen MR) is 70.4 cm³/mol. The average Bonchev–Trinajstić information content (AvgIpc) is 3.21. The van der Waals surface area contributed by atoms with Crippen LogP contribution < -0.4 is 15.8 Å². The molecule has 3 N–H and O–H groups in total. The molecular weight excluding hydrogens is 228 g/mol. The molecule has 1 aromatic carbocycles. The van der Waals surface area contributed by atoms with Crippen molar-refractivity contribution in [1.29, 1.82) is 0 Å². The number of carbonyl (C=O) groups excluding carboxylic acids is 1. The maximum Gasteiger partial charge on any atom is 0.224 e. The summed E-state index contributed by atoms with van der Waals surface area (Å²) in [6, 6.07) is 7.70. The predicted octanol–water partition coefficient (Wildman–Crippen LogP) is 1.09. The molecule has 0 aliphatic heterocycles. The highest BCUT2D eigenvalue weighted by molar-refractivity contribution is 5.79. The average molecular weight is 248 g/mol. The summed E-state index contributed by atoms with van der Waals surface area (Å²) < 4.78 is 5.08. The SMILES string of the molecule is COc1ccc(CC(=O)NC(CN)C2CC2)cc1. The van der Waals surface area contributed by atoms with E-state index in [-0.39, 0.29) is 11.9 Å². The molecule has 1 saturated carbocycles. The lowest BCUT2D eigenvalue weighted by atomic mass is 10.1. The van der Waals surface area contributed by atoms with Crippen molar-refractivity contribution in [3.8, 4) is 5.75 Å². The van der Waals surface area contributed by atoms with Crippen LogP contribution in [0.25, 0.3) is 0 Å². The molecule has 0 radical (unpaired) electrons. The highest BCUT2D eigenvalue weighted by Gasteiger charge is 2.31. The van der Waals surface area contributed by atoms with E-state index < -0.39 is 0 Å². The second-order valence-corrected chi connectivity index (χ2v) is 4.77. The number of hydrogen-bond donors (Lipinski definition) is 2. The van der Waals surface area contributed by atoms with Crippen LogP contribution in [0.3, 0.4) is 0 Å². The number of nitrogens with two attached hydrogens (primary N) is 1. The van der Waals surface area contributed by atoms with Crippen LogP contribution in [0.1, 0.15) is 18.4 Å². The van der Waals surface area contributed by atoms with Gasteiger partial charge in [0.1, 0.15) is 5.75 Å². The highest BCUT2D eigenvalue weighted by Crippen LogP contribution is 2.32.